The average molecular weight is 413 g/mol. The van der Waals surface area contributed by atoms with Crippen LogP contribution in [0.3, 0.4) is 0 Å². The zero-order valence-electron chi connectivity index (χ0n) is 17.7. The number of anilines is 5. The van der Waals surface area contributed by atoms with Gasteiger partial charge in [-0.1, -0.05) is 84.9 Å². The van der Waals surface area contributed by atoms with Gasteiger partial charge in [0.1, 0.15) is 0 Å². The molecule has 0 atom stereocenters. The normalized spacial score (nSPS) is 10.5. The second-order valence-electron chi connectivity index (χ2n) is 7.60. The summed E-state index contributed by atoms with van der Waals surface area (Å²) in [4.78, 5) is 2.31. The van der Waals surface area contributed by atoms with Crippen LogP contribution in [0.25, 0.3) is 11.1 Å². The SMILES string of the molecule is c1ccc(Nc2ccc(N(c3ccccc3)c3ccccc3)c(-c3ccccc3)c2)cc1. The Morgan fingerprint density at radius 2 is 0.938 bits per heavy atom. The molecule has 5 rings (SSSR count). The zero-order valence-corrected chi connectivity index (χ0v) is 17.7. The minimum Gasteiger partial charge on any atom is -0.356 e. The minimum absolute atomic E-state index is 1.06. The van der Waals surface area contributed by atoms with Gasteiger partial charge in [0.25, 0.3) is 0 Å². The van der Waals surface area contributed by atoms with Crippen molar-refractivity contribution in [3.63, 3.8) is 0 Å². The van der Waals surface area contributed by atoms with Crippen molar-refractivity contribution in [3.8, 4) is 11.1 Å². The topological polar surface area (TPSA) is 15.3 Å². The summed E-state index contributed by atoms with van der Waals surface area (Å²) in [6.07, 6.45) is 0. The molecule has 0 unspecified atom stereocenters. The van der Waals surface area contributed by atoms with E-state index >= 15 is 0 Å². The third kappa shape index (κ3) is 4.26. The quantitative estimate of drug-likeness (QED) is 0.300. The van der Waals surface area contributed by atoms with Gasteiger partial charge in [-0.15, -0.1) is 0 Å². The molecule has 0 amide bonds. The Hall–Kier alpha value is -4.30. The van der Waals surface area contributed by atoms with E-state index in [2.05, 4.69) is 132 Å². The standard InChI is InChI=1S/C30H24N2/c1-5-13-24(14-6-1)29-23-26(31-25-15-7-2-8-16-25)21-22-30(29)32(27-17-9-3-10-18-27)28-19-11-4-12-20-28/h1-23,31H. The fourth-order valence-electron chi connectivity index (χ4n) is 3.93. The number of rotatable bonds is 6. The lowest BCUT2D eigenvalue weighted by atomic mass is 10.0. The maximum Gasteiger partial charge on any atom is 0.0541 e. The molecular weight excluding hydrogens is 388 g/mol. The van der Waals surface area contributed by atoms with E-state index in [1.807, 2.05) is 18.2 Å². The molecule has 0 fully saturated rings. The van der Waals surface area contributed by atoms with Crippen molar-refractivity contribution >= 4 is 28.4 Å². The van der Waals surface area contributed by atoms with Crippen LogP contribution in [-0.2, 0) is 0 Å². The number of hydrogen-bond acceptors (Lipinski definition) is 2. The van der Waals surface area contributed by atoms with Crippen molar-refractivity contribution in [2.75, 3.05) is 10.2 Å². The maximum absolute atomic E-state index is 3.54. The van der Waals surface area contributed by atoms with E-state index in [0.717, 1.165) is 28.4 Å². The van der Waals surface area contributed by atoms with Crippen LogP contribution in [0, 0.1) is 0 Å². The largest absolute Gasteiger partial charge is 0.356 e. The van der Waals surface area contributed by atoms with E-state index in [9.17, 15) is 0 Å². The van der Waals surface area contributed by atoms with E-state index in [-0.39, 0.29) is 0 Å². The number of nitrogens with zero attached hydrogens (tertiary/aromatic N) is 1. The lowest BCUT2D eigenvalue weighted by molar-refractivity contribution is 1.28. The molecule has 154 valence electrons. The lowest BCUT2D eigenvalue weighted by Gasteiger charge is -2.28. The Morgan fingerprint density at radius 3 is 1.50 bits per heavy atom. The van der Waals surface area contributed by atoms with Gasteiger partial charge in [0.2, 0.25) is 0 Å². The smallest absolute Gasteiger partial charge is 0.0541 e. The molecule has 0 heterocycles. The lowest BCUT2D eigenvalue weighted by Crippen LogP contribution is -2.11. The minimum atomic E-state index is 1.06. The monoisotopic (exact) mass is 412 g/mol. The van der Waals surface area contributed by atoms with Crippen LogP contribution in [0.1, 0.15) is 0 Å². The van der Waals surface area contributed by atoms with Crippen molar-refractivity contribution in [2.45, 2.75) is 0 Å². The van der Waals surface area contributed by atoms with Crippen molar-refractivity contribution in [1.82, 2.24) is 0 Å². The molecule has 2 heteroatoms. The fraction of sp³-hybridized carbons (Fsp3) is 0. The highest BCUT2D eigenvalue weighted by Gasteiger charge is 2.17. The van der Waals surface area contributed by atoms with Crippen molar-refractivity contribution in [1.29, 1.82) is 0 Å². The summed E-state index contributed by atoms with van der Waals surface area (Å²) in [5.74, 6) is 0. The Kier molecular flexibility index (Phi) is 5.67. The van der Waals surface area contributed by atoms with Crippen molar-refractivity contribution in [2.24, 2.45) is 0 Å². The second-order valence-corrected chi connectivity index (χ2v) is 7.60. The van der Waals surface area contributed by atoms with E-state index in [1.54, 1.807) is 0 Å². The first-order valence-corrected chi connectivity index (χ1v) is 10.8. The first-order valence-electron chi connectivity index (χ1n) is 10.8. The van der Waals surface area contributed by atoms with Crippen LogP contribution in [0.15, 0.2) is 140 Å². The molecule has 0 aromatic heterocycles. The Labute approximate surface area is 189 Å². The molecule has 0 saturated heterocycles. The average Bonchev–Trinajstić information content (AvgIpc) is 2.87. The van der Waals surface area contributed by atoms with Gasteiger partial charge in [-0.3, -0.25) is 0 Å². The summed E-state index contributed by atoms with van der Waals surface area (Å²) in [5.41, 5.74) is 7.85. The molecule has 0 spiro atoms. The summed E-state index contributed by atoms with van der Waals surface area (Å²) in [6.45, 7) is 0. The third-order valence-electron chi connectivity index (χ3n) is 5.41. The highest BCUT2D eigenvalue weighted by atomic mass is 15.1. The molecule has 0 saturated carbocycles. The second kappa shape index (κ2) is 9.23. The molecule has 2 nitrogen and oxygen atoms in total. The number of hydrogen-bond donors (Lipinski definition) is 1. The Bertz CT molecular complexity index is 1230. The van der Waals surface area contributed by atoms with E-state index in [0.29, 0.717) is 0 Å². The van der Waals surface area contributed by atoms with Gasteiger partial charge in [0, 0.05) is 28.3 Å². The van der Waals surface area contributed by atoms with Gasteiger partial charge in [-0.05, 0) is 60.2 Å². The van der Waals surface area contributed by atoms with Gasteiger partial charge in [0.05, 0.1) is 5.69 Å². The number of nitrogens with one attached hydrogen (secondary N) is 1. The van der Waals surface area contributed by atoms with Crippen LogP contribution >= 0.6 is 0 Å². The summed E-state index contributed by atoms with van der Waals surface area (Å²) in [7, 11) is 0. The summed E-state index contributed by atoms with van der Waals surface area (Å²) < 4.78 is 0. The molecule has 5 aromatic rings. The highest BCUT2D eigenvalue weighted by molar-refractivity contribution is 5.90. The van der Waals surface area contributed by atoms with E-state index < -0.39 is 0 Å². The number of para-hydroxylation sites is 3. The maximum atomic E-state index is 3.54. The zero-order chi connectivity index (χ0) is 21.6. The number of benzene rings is 5. The first-order chi connectivity index (χ1) is 15.9. The summed E-state index contributed by atoms with van der Waals surface area (Å²) in [5, 5.41) is 3.54. The predicted octanol–water partition coefficient (Wildman–Crippen LogP) is 8.57. The molecule has 0 bridgehead atoms. The van der Waals surface area contributed by atoms with Crippen LogP contribution in [0.5, 0.6) is 0 Å². The first kappa shape index (κ1) is 19.7. The molecule has 32 heavy (non-hydrogen) atoms. The molecule has 0 aliphatic heterocycles. The predicted molar refractivity (Wildman–Crippen MR) is 136 cm³/mol. The summed E-state index contributed by atoms with van der Waals surface area (Å²) in [6, 6.07) is 48.5. The third-order valence-corrected chi connectivity index (χ3v) is 5.41. The molecule has 0 aliphatic carbocycles. The molecule has 0 radical (unpaired) electrons. The Balaban J connectivity index is 1.67. The van der Waals surface area contributed by atoms with Gasteiger partial charge >= 0.3 is 0 Å². The van der Waals surface area contributed by atoms with Crippen LogP contribution < -0.4 is 10.2 Å². The van der Waals surface area contributed by atoms with Crippen molar-refractivity contribution in [3.05, 3.63) is 140 Å². The van der Waals surface area contributed by atoms with Gasteiger partial charge < -0.3 is 10.2 Å². The van der Waals surface area contributed by atoms with E-state index in [1.165, 1.54) is 11.1 Å². The van der Waals surface area contributed by atoms with E-state index in [4.69, 9.17) is 0 Å². The van der Waals surface area contributed by atoms with Crippen LogP contribution in [0.4, 0.5) is 28.4 Å². The highest BCUT2D eigenvalue weighted by Crippen LogP contribution is 2.42. The molecule has 1 N–H and O–H groups in total. The Morgan fingerprint density at radius 1 is 0.438 bits per heavy atom. The summed E-state index contributed by atoms with van der Waals surface area (Å²) >= 11 is 0. The van der Waals surface area contributed by atoms with Gasteiger partial charge in [-0.2, -0.15) is 0 Å². The van der Waals surface area contributed by atoms with Gasteiger partial charge in [-0.25, -0.2) is 0 Å². The van der Waals surface area contributed by atoms with Crippen LogP contribution in [-0.4, -0.2) is 0 Å². The molecular formula is C30H24N2. The molecule has 0 aliphatic rings. The van der Waals surface area contributed by atoms with Crippen LogP contribution in [0.2, 0.25) is 0 Å². The fourth-order valence-corrected chi connectivity index (χ4v) is 3.93. The van der Waals surface area contributed by atoms with Gasteiger partial charge in [0.15, 0.2) is 0 Å². The van der Waals surface area contributed by atoms with Crippen molar-refractivity contribution < 1.29 is 0 Å². The molecule has 5 aromatic carbocycles.